The minimum atomic E-state index is -4.56. The molecule has 0 aromatic heterocycles. The van der Waals surface area contributed by atoms with Gasteiger partial charge >= 0.3 is 12.1 Å². The molecule has 0 saturated carbocycles. The van der Waals surface area contributed by atoms with Crippen LogP contribution >= 0.6 is 11.6 Å². The highest BCUT2D eigenvalue weighted by Gasteiger charge is 2.34. The fourth-order valence-electron chi connectivity index (χ4n) is 3.70. The highest BCUT2D eigenvalue weighted by atomic mass is 35.5. The lowest BCUT2D eigenvalue weighted by Gasteiger charge is -2.31. The van der Waals surface area contributed by atoms with Crippen LogP contribution in [0.1, 0.15) is 35.6 Å². The van der Waals surface area contributed by atoms with E-state index in [0.29, 0.717) is 25.1 Å². The van der Waals surface area contributed by atoms with Gasteiger partial charge in [-0.1, -0.05) is 48.0 Å². The second-order valence-electron chi connectivity index (χ2n) is 7.38. The van der Waals surface area contributed by atoms with Gasteiger partial charge in [0.25, 0.3) is 0 Å². The second kappa shape index (κ2) is 9.81. The van der Waals surface area contributed by atoms with Crippen LogP contribution in [0.4, 0.5) is 13.2 Å². The van der Waals surface area contributed by atoms with Crippen LogP contribution in [-0.2, 0) is 15.7 Å². The van der Waals surface area contributed by atoms with E-state index in [0.717, 1.165) is 24.6 Å². The van der Waals surface area contributed by atoms with E-state index in [1.165, 1.54) is 12.1 Å². The van der Waals surface area contributed by atoms with Crippen LogP contribution in [0.15, 0.2) is 48.5 Å². The summed E-state index contributed by atoms with van der Waals surface area (Å²) in [5.41, 5.74) is 0.196. The number of rotatable bonds is 7. The van der Waals surface area contributed by atoms with Gasteiger partial charge in [0.15, 0.2) is 0 Å². The van der Waals surface area contributed by atoms with E-state index < -0.39 is 29.7 Å². The number of hydrogen-bond donors (Lipinski definition) is 1. The van der Waals surface area contributed by atoms with Crippen molar-refractivity contribution in [3.8, 4) is 0 Å². The molecule has 162 valence electrons. The van der Waals surface area contributed by atoms with Gasteiger partial charge in [-0.15, -0.1) is 0 Å². The quantitative estimate of drug-likeness (QED) is 0.636. The van der Waals surface area contributed by atoms with E-state index in [9.17, 15) is 23.1 Å². The van der Waals surface area contributed by atoms with E-state index in [-0.39, 0.29) is 11.6 Å². The molecule has 1 aliphatic rings. The fraction of sp³-hybridized carbons (Fsp3) is 0.409. The van der Waals surface area contributed by atoms with Crippen LogP contribution < -0.4 is 0 Å². The Kier molecular flexibility index (Phi) is 7.39. The minimum Gasteiger partial charge on any atom is -0.481 e. The molecule has 2 aromatic rings. The number of ether oxygens (including phenoxy) is 1. The Balaban J connectivity index is 1.75. The van der Waals surface area contributed by atoms with Gasteiger partial charge in [-0.25, -0.2) is 0 Å². The van der Waals surface area contributed by atoms with Crippen molar-refractivity contribution >= 4 is 17.6 Å². The summed E-state index contributed by atoms with van der Waals surface area (Å²) >= 11 is 5.76. The van der Waals surface area contributed by atoms with Crippen LogP contribution in [0.25, 0.3) is 0 Å². The Morgan fingerprint density at radius 1 is 1.20 bits per heavy atom. The maximum absolute atomic E-state index is 13.3. The highest BCUT2D eigenvalue weighted by Crippen LogP contribution is 2.37. The fourth-order valence-corrected chi connectivity index (χ4v) is 3.92. The van der Waals surface area contributed by atoms with E-state index in [4.69, 9.17) is 16.3 Å². The molecule has 0 unspecified atom stereocenters. The summed E-state index contributed by atoms with van der Waals surface area (Å²) in [5.74, 6) is -1.20. The van der Waals surface area contributed by atoms with Crippen molar-refractivity contribution < 1.29 is 27.8 Å². The van der Waals surface area contributed by atoms with Crippen LogP contribution in [-0.4, -0.2) is 42.2 Å². The first-order valence-corrected chi connectivity index (χ1v) is 10.1. The zero-order valence-electron chi connectivity index (χ0n) is 16.2. The zero-order valence-corrected chi connectivity index (χ0v) is 17.0. The number of aliphatic carboxylic acids is 1. The Hall–Kier alpha value is -2.09. The predicted octanol–water partition coefficient (Wildman–Crippen LogP) is 5.26. The molecule has 0 spiro atoms. The number of carboxylic acids is 1. The van der Waals surface area contributed by atoms with Crippen LogP contribution in [0.5, 0.6) is 0 Å². The van der Waals surface area contributed by atoms with Crippen molar-refractivity contribution in [2.75, 3.05) is 26.2 Å². The summed E-state index contributed by atoms with van der Waals surface area (Å²) < 4.78 is 46.0. The molecule has 0 bridgehead atoms. The lowest BCUT2D eigenvalue weighted by Crippen LogP contribution is -2.40. The minimum absolute atomic E-state index is 0.260. The molecule has 1 saturated heterocycles. The maximum atomic E-state index is 13.3. The number of carbonyl (C=O) groups is 1. The van der Waals surface area contributed by atoms with Crippen molar-refractivity contribution in [3.05, 3.63) is 70.2 Å². The molecule has 0 radical (unpaired) electrons. The third-order valence-electron chi connectivity index (χ3n) is 5.25. The number of likely N-dealkylation sites (tertiary alicyclic amines) is 1. The van der Waals surface area contributed by atoms with Gasteiger partial charge in [0.05, 0.1) is 23.1 Å². The summed E-state index contributed by atoms with van der Waals surface area (Å²) in [6, 6.07) is 12.8. The topological polar surface area (TPSA) is 49.8 Å². The van der Waals surface area contributed by atoms with Crippen molar-refractivity contribution in [2.24, 2.45) is 5.92 Å². The molecule has 0 aliphatic carbocycles. The Labute approximate surface area is 178 Å². The first-order valence-electron chi connectivity index (χ1n) is 9.74. The molecule has 0 amide bonds. The van der Waals surface area contributed by atoms with Gasteiger partial charge in [-0.05, 0) is 42.6 Å². The molecule has 1 heterocycles. The monoisotopic (exact) mass is 441 g/mol. The van der Waals surface area contributed by atoms with E-state index >= 15 is 0 Å². The molecular weight excluding hydrogens is 419 g/mol. The number of halogens is 4. The summed E-state index contributed by atoms with van der Waals surface area (Å²) in [6.07, 6.45) is -3.80. The number of piperidine rings is 1. The maximum Gasteiger partial charge on any atom is 0.417 e. The van der Waals surface area contributed by atoms with Crippen LogP contribution in [0, 0.1) is 5.92 Å². The average molecular weight is 442 g/mol. The van der Waals surface area contributed by atoms with Crippen molar-refractivity contribution in [2.45, 2.75) is 25.1 Å². The number of benzene rings is 2. The summed E-state index contributed by atoms with van der Waals surface area (Å²) in [6.45, 7) is 2.00. The lowest BCUT2D eigenvalue weighted by molar-refractivity contribution is -0.143. The molecule has 4 nitrogen and oxygen atoms in total. The number of alkyl halides is 3. The lowest BCUT2D eigenvalue weighted by atomic mass is 9.98. The molecule has 30 heavy (non-hydrogen) atoms. The summed E-state index contributed by atoms with van der Waals surface area (Å²) in [7, 11) is 0. The van der Waals surface area contributed by atoms with Gasteiger partial charge in [-0.3, -0.25) is 4.79 Å². The van der Waals surface area contributed by atoms with Gasteiger partial charge in [0, 0.05) is 13.1 Å². The number of carboxylic acid groups (broad SMARTS) is 1. The predicted molar refractivity (Wildman–Crippen MR) is 107 cm³/mol. The number of nitrogens with zero attached hydrogens (tertiary/aromatic N) is 1. The normalized spacial score (nSPS) is 18.9. The third-order valence-corrected chi connectivity index (χ3v) is 5.58. The summed E-state index contributed by atoms with van der Waals surface area (Å²) in [5, 5.41) is 8.87. The first-order chi connectivity index (χ1) is 14.3. The van der Waals surface area contributed by atoms with Crippen molar-refractivity contribution in [3.63, 3.8) is 0 Å². The molecule has 1 N–H and O–H groups in total. The van der Waals surface area contributed by atoms with Crippen molar-refractivity contribution in [1.29, 1.82) is 0 Å². The van der Waals surface area contributed by atoms with E-state index in [1.54, 1.807) is 24.3 Å². The standard InChI is InChI=1S/C22H23ClF3NO3/c23-19-9-8-16(13-18(19)22(24,25)26)20(15-5-2-1-3-6-15)30-12-11-27-10-4-7-17(14-27)21(28)29/h1-3,5-6,8-9,13,17,20H,4,7,10-12,14H2,(H,28,29)/t17-,20+/m1/s1. The molecule has 1 fully saturated rings. The third kappa shape index (κ3) is 5.74. The smallest absolute Gasteiger partial charge is 0.417 e. The highest BCUT2D eigenvalue weighted by molar-refractivity contribution is 6.31. The van der Waals surface area contributed by atoms with E-state index in [2.05, 4.69) is 0 Å². The zero-order chi connectivity index (χ0) is 21.7. The van der Waals surface area contributed by atoms with Crippen LogP contribution in [0.3, 0.4) is 0 Å². The number of hydrogen-bond acceptors (Lipinski definition) is 3. The first kappa shape index (κ1) is 22.6. The Bertz CT molecular complexity index is 860. The Morgan fingerprint density at radius 3 is 2.60 bits per heavy atom. The van der Waals surface area contributed by atoms with Gasteiger partial charge in [-0.2, -0.15) is 13.2 Å². The van der Waals surface area contributed by atoms with Gasteiger partial charge in [0.1, 0.15) is 6.10 Å². The largest absolute Gasteiger partial charge is 0.481 e. The van der Waals surface area contributed by atoms with Gasteiger partial charge < -0.3 is 14.7 Å². The molecule has 1 aliphatic heterocycles. The SMILES string of the molecule is O=C(O)[C@@H]1CCCN(CCO[C@@H](c2ccccc2)c2ccc(Cl)c(C(F)(F)F)c2)C1. The molecule has 2 atom stereocenters. The van der Waals surface area contributed by atoms with Gasteiger partial charge in [0.2, 0.25) is 0 Å². The second-order valence-corrected chi connectivity index (χ2v) is 7.78. The molecule has 3 rings (SSSR count). The van der Waals surface area contributed by atoms with E-state index in [1.807, 2.05) is 11.0 Å². The Morgan fingerprint density at radius 2 is 1.93 bits per heavy atom. The average Bonchev–Trinajstić information content (AvgIpc) is 2.72. The summed E-state index contributed by atoms with van der Waals surface area (Å²) in [4.78, 5) is 13.3. The molecule has 8 heteroatoms. The molecular formula is C22H23ClF3NO3. The molecule has 2 aromatic carbocycles. The van der Waals surface area contributed by atoms with Crippen molar-refractivity contribution in [1.82, 2.24) is 4.90 Å². The van der Waals surface area contributed by atoms with Crippen LogP contribution in [0.2, 0.25) is 5.02 Å².